The predicted molar refractivity (Wildman–Crippen MR) is 79.1 cm³/mol. The Morgan fingerprint density at radius 1 is 0.526 bits per heavy atom. The summed E-state index contributed by atoms with van der Waals surface area (Å²) in [6.45, 7) is 0. The molecule has 19 heavy (non-hydrogen) atoms. The van der Waals surface area contributed by atoms with Gasteiger partial charge in [-0.3, -0.25) is 5.11 Å². The van der Waals surface area contributed by atoms with Gasteiger partial charge in [-0.05, 0) is 39.7 Å². The average Bonchev–Trinajstić information content (AvgIpc) is 2.46. The Labute approximate surface area is 110 Å². The molecule has 0 saturated carbocycles. The average molecular weight is 243 g/mol. The summed E-state index contributed by atoms with van der Waals surface area (Å²) in [5.74, 6) is 0.124. The molecule has 0 saturated heterocycles. The molecule has 89 valence electrons. The monoisotopic (exact) mass is 243 g/mol. The van der Waals surface area contributed by atoms with Crippen LogP contribution in [0.5, 0.6) is 5.75 Å². The third-order valence-corrected chi connectivity index (χ3v) is 3.68. The van der Waals surface area contributed by atoms with Gasteiger partial charge >= 0.3 is 0 Å². The Balaban J connectivity index is 2.25. The lowest BCUT2D eigenvalue weighted by molar-refractivity contribution is 0.365. The highest BCUT2D eigenvalue weighted by Gasteiger charge is 2.08. The predicted octanol–water partition coefficient (Wildman–Crippen LogP) is 5.29. The number of rotatable bonds is 0. The minimum Gasteiger partial charge on any atom is -0.289 e. The number of hydrogen-bond acceptors (Lipinski definition) is 0. The van der Waals surface area contributed by atoms with Crippen molar-refractivity contribution in [1.29, 1.82) is 0 Å². The van der Waals surface area contributed by atoms with Crippen LogP contribution in [0.4, 0.5) is 0 Å². The van der Waals surface area contributed by atoms with Crippen molar-refractivity contribution < 1.29 is 5.11 Å². The van der Waals surface area contributed by atoms with Crippen LogP contribution in [0, 0.1) is 0 Å². The highest BCUT2D eigenvalue weighted by Crippen LogP contribution is 2.36. The molecule has 1 radical (unpaired) electrons. The zero-order valence-electron chi connectivity index (χ0n) is 10.3. The summed E-state index contributed by atoms with van der Waals surface area (Å²) >= 11 is 0. The van der Waals surface area contributed by atoms with E-state index in [9.17, 15) is 5.11 Å². The maximum absolute atomic E-state index is 12.5. The van der Waals surface area contributed by atoms with Crippen LogP contribution >= 0.6 is 0 Å². The van der Waals surface area contributed by atoms with E-state index in [-0.39, 0.29) is 5.75 Å². The molecule has 0 spiro atoms. The van der Waals surface area contributed by atoms with Gasteiger partial charge in [0.2, 0.25) is 0 Å². The molecule has 4 rings (SSSR count). The summed E-state index contributed by atoms with van der Waals surface area (Å²) in [6, 6.07) is 22.1. The van der Waals surface area contributed by atoms with Crippen LogP contribution in [0.3, 0.4) is 0 Å². The fourth-order valence-electron chi connectivity index (χ4n) is 2.72. The van der Waals surface area contributed by atoms with Crippen molar-refractivity contribution in [2.45, 2.75) is 0 Å². The SMILES string of the molecule is [O]c1c2ccccc2cc2cc3ccccc3cc12. The Morgan fingerprint density at radius 2 is 1.11 bits per heavy atom. The van der Waals surface area contributed by atoms with Crippen LogP contribution in [0.25, 0.3) is 32.3 Å². The van der Waals surface area contributed by atoms with Gasteiger partial charge in [-0.25, -0.2) is 0 Å². The smallest absolute Gasteiger partial charge is 0.194 e. The summed E-state index contributed by atoms with van der Waals surface area (Å²) in [7, 11) is 0. The molecule has 0 amide bonds. The molecular weight excluding hydrogens is 232 g/mol. The first-order valence-corrected chi connectivity index (χ1v) is 6.34. The molecule has 0 atom stereocenters. The van der Waals surface area contributed by atoms with Gasteiger partial charge in [0.25, 0.3) is 0 Å². The van der Waals surface area contributed by atoms with E-state index in [0.29, 0.717) is 0 Å². The molecule has 0 fully saturated rings. The zero-order chi connectivity index (χ0) is 12.8. The van der Waals surface area contributed by atoms with E-state index in [1.165, 1.54) is 5.39 Å². The van der Waals surface area contributed by atoms with E-state index >= 15 is 0 Å². The third kappa shape index (κ3) is 1.48. The lowest BCUT2D eigenvalue weighted by atomic mass is 9.99. The van der Waals surface area contributed by atoms with E-state index < -0.39 is 0 Å². The summed E-state index contributed by atoms with van der Waals surface area (Å²) in [5, 5.41) is 18.4. The molecule has 4 aromatic rings. The zero-order valence-corrected chi connectivity index (χ0v) is 10.3. The molecular formula is C18H11O. The second-order valence-corrected chi connectivity index (χ2v) is 4.85. The fraction of sp³-hybridized carbons (Fsp3) is 0. The second-order valence-electron chi connectivity index (χ2n) is 4.85. The molecule has 0 aliphatic heterocycles. The first-order valence-electron chi connectivity index (χ1n) is 6.34. The van der Waals surface area contributed by atoms with Crippen LogP contribution < -0.4 is 0 Å². The molecule has 0 heterocycles. The van der Waals surface area contributed by atoms with Gasteiger partial charge in [-0.2, -0.15) is 0 Å². The highest BCUT2D eigenvalue weighted by molar-refractivity contribution is 6.09. The van der Waals surface area contributed by atoms with E-state index in [1.807, 2.05) is 48.5 Å². The Bertz CT molecular complexity index is 917. The van der Waals surface area contributed by atoms with Crippen molar-refractivity contribution in [3.8, 4) is 5.75 Å². The maximum atomic E-state index is 12.5. The van der Waals surface area contributed by atoms with E-state index in [2.05, 4.69) is 18.2 Å². The third-order valence-electron chi connectivity index (χ3n) is 3.68. The molecule has 0 aromatic heterocycles. The van der Waals surface area contributed by atoms with Crippen LogP contribution in [0.15, 0.2) is 66.7 Å². The minimum absolute atomic E-state index is 0.124. The fourth-order valence-corrected chi connectivity index (χ4v) is 2.72. The van der Waals surface area contributed by atoms with Crippen molar-refractivity contribution in [1.82, 2.24) is 0 Å². The molecule has 0 aliphatic carbocycles. The molecule has 1 heteroatoms. The summed E-state index contributed by atoms with van der Waals surface area (Å²) in [4.78, 5) is 0. The molecule has 4 aromatic carbocycles. The van der Waals surface area contributed by atoms with Gasteiger partial charge < -0.3 is 0 Å². The van der Waals surface area contributed by atoms with E-state index in [0.717, 1.165) is 26.9 Å². The Hall–Kier alpha value is -2.54. The Morgan fingerprint density at radius 3 is 1.89 bits per heavy atom. The number of benzene rings is 4. The largest absolute Gasteiger partial charge is 0.289 e. The van der Waals surface area contributed by atoms with Gasteiger partial charge in [0.05, 0.1) is 0 Å². The molecule has 0 N–H and O–H groups in total. The van der Waals surface area contributed by atoms with Crippen molar-refractivity contribution in [3.63, 3.8) is 0 Å². The quantitative estimate of drug-likeness (QED) is 0.374. The van der Waals surface area contributed by atoms with Gasteiger partial charge in [0, 0.05) is 10.8 Å². The topological polar surface area (TPSA) is 19.9 Å². The van der Waals surface area contributed by atoms with Crippen LogP contribution in [0.1, 0.15) is 0 Å². The molecule has 0 bridgehead atoms. The first kappa shape index (κ1) is 10.4. The standard InChI is InChI=1S/C18H11O/c19-18-16-8-4-3-7-14(16)10-15-9-12-5-1-2-6-13(12)11-17(15)18/h1-11H. The van der Waals surface area contributed by atoms with Gasteiger partial charge in [-0.1, -0.05) is 48.5 Å². The maximum Gasteiger partial charge on any atom is 0.194 e. The molecule has 0 unspecified atom stereocenters. The van der Waals surface area contributed by atoms with Gasteiger partial charge in [0.1, 0.15) is 0 Å². The number of hydrogen-bond donors (Lipinski definition) is 0. The molecule has 0 aliphatic rings. The normalized spacial score (nSPS) is 11.4. The summed E-state index contributed by atoms with van der Waals surface area (Å²) in [6.07, 6.45) is 0. The second kappa shape index (κ2) is 3.72. The Kier molecular flexibility index (Phi) is 2.04. The molecule has 1 nitrogen and oxygen atoms in total. The van der Waals surface area contributed by atoms with Crippen LogP contribution in [-0.2, 0) is 5.11 Å². The lowest BCUT2D eigenvalue weighted by Crippen LogP contribution is -1.79. The number of fused-ring (bicyclic) bond motifs is 3. The summed E-state index contributed by atoms with van der Waals surface area (Å²) in [5.41, 5.74) is 0. The van der Waals surface area contributed by atoms with Crippen molar-refractivity contribution in [2.24, 2.45) is 0 Å². The van der Waals surface area contributed by atoms with Crippen molar-refractivity contribution in [2.75, 3.05) is 0 Å². The van der Waals surface area contributed by atoms with Gasteiger partial charge in [-0.15, -0.1) is 0 Å². The van der Waals surface area contributed by atoms with E-state index in [1.54, 1.807) is 0 Å². The highest BCUT2D eigenvalue weighted by atomic mass is 16.3. The summed E-state index contributed by atoms with van der Waals surface area (Å²) < 4.78 is 0. The van der Waals surface area contributed by atoms with Crippen molar-refractivity contribution in [3.05, 3.63) is 66.7 Å². The van der Waals surface area contributed by atoms with Crippen LogP contribution in [-0.4, -0.2) is 0 Å². The van der Waals surface area contributed by atoms with Gasteiger partial charge in [0.15, 0.2) is 5.75 Å². The van der Waals surface area contributed by atoms with Crippen LogP contribution in [0.2, 0.25) is 0 Å². The minimum atomic E-state index is 0.124. The van der Waals surface area contributed by atoms with E-state index in [4.69, 9.17) is 0 Å². The lowest BCUT2D eigenvalue weighted by Gasteiger charge is -2.06. The first-order chi connectivity index (χ1) is 9.33. The van der Waals surface area contributed by atoms with Crippen molar-refractivity contribution >= 4 is 32.3 Å².